The number of hydrogen-bond donors (Lipinski definition) is 1. The van der Waals surface area contributed by atoms with Gasteiger partial charge in [-0.15, -0.1) is 12.3 Å². The van der Waals surface area contributed by atoms with E-state index in [9.17, 15) is 8.42 Å². The van der Waals surface area contributed by atoms with Gasteiger partial charge in [0.15, 0.2) is 9.84 Å². The van der Waals surface area contributed by atoms with E-state index in [1.165, 1.54) is 6.26 Å². The van der Waals surface area contributed by atoms with E-state index in [4.69, 9.17) is 6.42 Å². The first-order valence-corrected chi connectivity index (χ1v) is 7.31. The van der Waals surface area contributed by atoms with Gasteiger partial charge < -0.3 is 5.32 Å². The van der Waals surface area contributed by atoms with Crippen LogP contribution in [0, 0.1) is 12.3 Å². The number of nitrogens with one attached hydrogen (secondary N) is 1. The topological polar surface area (TPSA) is 46.2 Å². The van der Waals surface area contributed by atoms with Crippen LogP contribution >= 0.6 is 0 Å². The number of hydrogen-bond acceptors (Lipinski definition) is 3. The standard InChI is InChI=1S/C13H17NO2S/c1-4-5-10-14-11(2)12-6-8-13(9-7-12)17(3,15)16/h1,6-9,11,14H,5,10H2,2-3H3. The van der Waals surface area contributed by atoms with Gasteiger partial charge in [0.05, 0.1) is 4.90 Å². The molecule has 1 aromatic rings. The molecule has 1 N–H and O–H groups in total. The Morgan fingerprint density at radius 3 is 2.41 bits per heavy atom. The summed E-state index contributed by atoms with van der Waals surface area (Å²) < 4.78 is 22.6. The average Bonchev–Trinajstić information content (AvgIpc) is 2.28. The van der Waals surface area contributed by atoms with Crippen LogP contribution in [-0.2, 0) is 9.84 Å². The first kappa shape index (κ1) is 13.8. The van der Waals surface area contributed by atoms with E-state index in [1.54, 1.807) is 12.1 Å². The predicted molar refractivity (Wildman–Crippen MR) is 69.4 cm³/mol. The zero-order valence-corrected chi connectivity index (χ0v) is 10.9. The molecule has 0 aromatic heterocycles. The molecule has 0 amide bonds. The predicted octanol–water partition coefficient (Wildman–Crippen LogP) is 1.76. The lowest BCUT2D eigenvalue weighted by molar-refractivity contribution is 0.583. The molecular weight excluding hydrogens is 234 g/mol. The molecule has 0 bridgehead atoms. The van der Waals surface area contributed by atoms with Crippen molar-refractivity contribution in [3.05, 3.63) is 29.8 Å². The highest BCUT2D eigenvalue weighted by molar-refractivity contribution is 7.90. The highest BCUT2D eigenvalue weighted by Crippen LogP contribution is 2.15. The Kier molecular flexibility index (Phi) is 4.73. The van der Waals surface area contributed by atoms with Crippen molar-refractivity contribution in [2.75, 3.05) is 12.8 Å². The maximum atomic E-state index is 11.3. The molecule has 1 rings (SSSR count). The van der Waals surface area contributed by atoms with E-state index in [0.717, 1.165) is 12.1 Å². The lowest BCUT2D eigenvalue weighted by Crippen LogP contribution is -2.19. The van der Waals surface area contributed by atoms with Crippen LogP contribution in [-0.4, -0.2) is 21.2 Å². The third-order valence-electron chi connectivity index (χ3n) is 2.53. The summed E-state index contributed by atoms with van der Waals surface area (Å²) in [6.07, 6.45) is 7.06. The minimum atomic E-state index is -3.11. The SMILES string of the molecule is C#CCCNC(C)c1ccc(S(C)(=O)=O)cc1. The minimum Gasteiger partial charge on any atom is -0.309 e. The minimum absolute atomic E-state index is 0.164. The third kappa shape index (κ3) is 4.22. The smallest absolute Gasteiger partial charge is 0.175 e. The Morgan fingerprint density at radius 2 is 1.94 bits per heavy atom. The van der Waals surface area contributed by atoms with E-state index in [1.807, 2.05) is 19.1 Å². The molecular formula is C13H17NO2S. The number of rotatable bonds is 5. The summed E-state index contributed by atoms with van der Waals surface area (Å²) in [5.74, 6) is 2.56. The van der Waals surface area contributed by atoms with E-state index in [-0.39, 0.29) is 6.04 Å². The molecule has 0 aliphatic rings. The molecule has 4 heteroatoms. The highest BCUT2D eigenvalue weighted by Gasteiger charge is 2.08. The highest BCUT2D eigenvalue weighted by atomic mass is 32.2. The lowest BCUT2D eigenvalue weighted by Gasteiger charge is -2.13. The number of terminal acetylenes is 1. The molecule has 1 atom stereocenters. The first-order valence-electron chi connectivity index (χ1n) is 5.42. The number of sulfone groups is 1. The molecule has 1 unspecified atom stereocenters. The van der Waals surface area contributed by atoms with Crippen molar-refractivity contribution < 1.29 is 8.42 Å². The number of benzene rings is 1. The van der Waals surface area contributed by atoms with E-state index in [2.05, 4.69) is 11.2 Å². The van der Waals surface area contributed by atoms with Gasteiger partial charge in [-0.25, -0.2) is 8.42 Å². The van der Waals surface area contributed by atoms with Crippen LogP contribution < -0.4 is 5.32 Å². The van der Waals surface area contributed by atoms with Crippen molar-refractivity contribution in [1.29, 1.82) is 0 Å². The van der Waals surface area contributed by atoms with Gasteiger partial charge in [0.1, 0.15) is 0 Å². The van der Waals surface area contributed by atoms with Gasteiger partial charge in [0, 0.05) is 25.3 Å². The molecule has 0 saturated carbocycles. The van der Waals surface area contributed by atoms with Crippen LogP contribution in [0.4, 0.5) is 0 Å². The first-order chi connectivity index (χ1) is 7.95. The van der Waals surface area contributed by atoms with Crippen molar-refractivity contribution in [1.82, 2.24) is 5.32 Å². The normalized spacial score (nSPS) is 13.0. The van der Waals surface area contributed by atoms with Gasteiger partial charge in [-0.1, -0.05) is 12.1 Å². The molecule has 1 aromatic carbocycles. The average molecular weight is 251 g/mol. The van der Waals surface area contributed by atoms with Crippen molar-refractivity contribution >= 4 is 9.84 Å². The van der Waals surface area contributed by atoms with Crippen LogP contribution in [0.3, 0.4) is 0 Å². The van der Waals surface area contributed by atoms with Crippen LogP contribution in [0.25, 0.3) is 0 Å². The second-order valence-electron chi connectivity index (χ2n) is 3.97. The zero-order valence-electron chi connectivity index (χ0n) is 10.1. The van der Waals surface area contributed by atoms with Crippen LogP contribution in [0.15, 0.2) is 29.2 Å². The van der Waals surface area contributed by atoms with Crippen molar-refractivity contribution in [3.63, 3.8) is 0 Å². The molecule has 0 heterocycles. The van der Waals surface area contributed by atoms with Gasteiger partial charge in [0.2, 0.25) is 0 Å². The zero-order chi connectivity index (χ0) is 12.9. The van der Waals surface area contributed by atoms with Gasteiger partial charge in [-0.2, -0.15) is 0 Å². The second-order valence-corrected chi connectivity index (χ2v) is 5.99. The Labute approximate surface area is 103 Å². The van der Waals surface area contributed by atoms with Crippen molar-refractivity contribution in [3.8, 4) is 12.3 Å². The molecule has 3 nitrogen and oxygen atoms in total. The quantitative estimate of drug-likeness (QED) is 0.641. The lowest BCUT2D eigenvalue weighted by atomic mass is 10.1. The third-order valence-corrected chi connectivity index (χ3v) is 3.66. The summed E-state index contributed by atoms with van der Waals surface area (Å²) in [6.45, 7) is 2.78. The summed E-state index contributed by atoms with van der Waals surface area (Å²) in [6, 6.07) is 7.07. The molecule has 0 aliphatic carbocycles. The molecule has 0 radical (unpaired) electrons. The van der Waals surface area contributed by atoms with Gasteiger partial charge in [-0.05, 0) is 24.6 Å². The van der Waals surface area contributed by atoms with Crippen LogP contribution in [0.5, 0.6) is 0 Å². The van der Waals surface area contributed by atoms with Crippen LogP contribution in [0.2, 0.25) is 0 Å². The fraction of sp³-hybridized carbons (Fsp3) is 0.385. The molecule has 0 aliphatic heterocycles. The van der Waals surface area contributed by atoms with E-state index >= 15 is 0 Å². The second kappa shape index (κ2) is 5.85. The Balaban J connectivity index is 2.71. The van der Waals surface area contributed by atoms with E-state index in [0.29, 0.717) is 11.3 Å². The summed E-state index contributed by atoms with van der Waals surface area (Å²) in [4.78, 5) is 0.345. The van der Waals surface area contributed by atoms with E-state index < -0.39 is 9.84 Å². The summed E-state index contributed by atoms with van der Waals surface area (Å²) in [5.41, 5.74) is 1.05. The summed E-state index contributed by atoms with van der Waals surface area (Å²) in [5, 5.41) is 3.27. The van der Waals surface area contributed by atoms with Crippen molar-refractivity contribution in [2.24, 2.45) is 0 Å². The van der Waals surface area contributed by atoms with Gasteiger partial charge in [0.25, 0.3) is 0 Å². The summed E-state index contributed by atoms with van der Waals surface area (Å²) >= 11 is 0. The largest absolute Gasteiger partial charge is 0.309 e. The molecule has 0 spiro atoms. The maximum Gasteiger partial charge on any atom is 0.175 e. The molecule has 0 fully saturated rings. The molecule has 17 heavy (non-hydrogen) atoms. The Bertz CT molecular complexity index is 497. The van der Waals surface area contributed by atoms with Gasteiger partial charge in [-0.3, -0.25) is 0 Å². The van der Waals surface area contributed by atoms with Crippen LogP contribution in [0.1, 0.15) is 24.9 Å². The van der Waals surface area contributed by atoms with Gasteiger partial charge >= 0.3 is 0 Å². The van der Waals surface area contributed by atoms with Crippen molar-refractivity contribution in [2.45, 2.75) is 24.3 Å². The Hall–Kier alpha value is -1.31. The summed E-state index contributed by atoms with van der Waals surface area (Å²) in [7, 11) is -3.11. The fourth-order valence-corrected chi connectivity index (χ4v) is 2.11. The Morgan fingerprint density at radius 1 is 1.35 bits per heavy atom. The fourth-order valence-electron chi connectivity index (χ4n) is 1.48. The monoisotopic (exact) mass is 251 g/mol. The maximum absolute atomic E-state index is 11.3. The molecule has 92 valence electrons. The molecule has 0 saturated heterocycles.